The van der Waals surface area contributed by atoms with Crippen LogP contribution in [-0.2, 0) is 6.54 Å². The molecule has 0 radical (unpaired) electrons. The summed E-state index contributed by atoms with van der Waals surface area (Å²) in [4.78, 5) is 2.66. The molecule has 0 spiro atoms. The number of hydrogen-bond donors (Lipinski definition) is 0. The second kappa shape index (κ2) is 4.85. The largest absolute Gasteiger partial charge is 0.288 e. The van der Waals surface area contributed by atoms with E-state index in [1.807, 2.05) is 0 Å². The third-order valence-electron chi connectivity index (χ3n) is 5.23. The van der Waals surface area contributed by atoms with E-state index in [0.29, 0.717) is 18.0 Å². The summed E-state index contributed by atoms with van der Waals surface area (Å²) in [5, 5.41) is 0. The average Bonchev–Trinajstić information content (AvgIpc) is 2.51. The van der Waals surface area contributed by atoms with Crippen molar-refractivity contribution in [2.45, 2.75) is 37.9 Å². The van der Waals surface area contributed by atoms with Crippen molar-refractivity contribution in [1.82, 2.24) is 4.90 Å². The highest BCUT2D eigenvalue weighted by Gasteiger charge is 2.42. The summed E-state index contributed by atoms with van der Waals surface area (Å²) in [5.41, 5.74) is 6.02. The molecule has 0 aliphatic carbocycles. The Hall–Kier alpha value is -1.86. The minimum atomic E-state index is 0.471. The summed E-state index contributed by atoms with van der Waals surface area (Å²) in [6.45, 7) is 7.41. The van der Waals surface area contributed by atoms with Gasteiger partial charge in [0.05, 0.1) is 0 Å². The molecule has 4 rings (SSSR count). The van der Waals surface area contributed by atoms with E-state index in [4.69, 9.17) is 0 Å². The fourth-order valence-electron chi connectivity index (χ4n) is 4.29. The second-order valence-corrected chi connectivity index (χ2v) is 6.26. The molecular weight excluding hydrogens is 254 g/mol. The van der Waals surface area contributed by atoms with Gasteiger partial charge in [0.15, 0.2) is 0 Å². The third-order valence-corrected chi connectivity index (χ3v) is 5.23. The Labute approximate surface area is 126 Å². The van der Waals surface area contributed by atoms with Crippen LogP contribution in [0, 0.1) is 0 Å². The predicted octanol–water partition coefficient (Wildman–Crippen LogP) is 4.65. The van der Waals surface area contributed by atoms with Crippen LogP contribution in [0.4, 0.5) is 0 Å². The van der Waals surface area contributed by atoms with Gasteiger partial charge in [-0.1, -0.05) is 54.6 Å². The van der Waals surface area contributed by atoms with Gasteiger partial charge in [-0.25, -0.2) is 0 Å². The molecule has 21 heavy (non-hydrogen) atoms. The zero-order chi connectivity index (χ0) is 14.4. The summed E-state index contributed by atoms with van der Waals surface area (Å²) in [6.07, 6.45) is 3.09. The van der Waals surface area contributed by atoms with Gasteiger partial charge in [-0.3, -0.25) is 4.90 Å². The lowest BCUT2D eigenvalue weighted by molar-refractivity contribution is 0.0938. The van der Waals surface area contributed by atoms with Crippen LogP contribution in [0.25, 0.3) is 0 Å². The van der Waals surface area contributed by atoms with Gasteiger partial charge in [0.1, 0.15) is 0 Å². The molecule has 0 aromatic heterocycles. The average molecular weight is 275 g/mol. The van der Waals surface area contributed by atoms with E-state index in [9.17, 15) is 0 Å². The molecule has 0 fully saturated rings. The first-order chi connectivity index (χ1) is 10.3. The van der Waals surface area contributed by atoms with Gasteiger partial charge >= 0.3 is 0 Å². The zero-order valence-electron chi connectivity index (χ0n) is 12.5. The van der Waals surface area contributed by atoms with Crippen LogP contribution < -0.4 is 0 Å². The number of hydrogen-bond acceptors (Lipinski definition) is 1. The molecule has 0 saturated carbocycles. The highest BCUT2D eigenvalue weighted by Crippen LogP contribution is 2.49. The minimum absolute atomic E-state index is 0.471. The van der Waals surface area contributed by atoms with Gasteiger partial charge in [-0.15, -0.1) is 6.58 Å². The van der Waals surface area contributed by atoms with E-state index in [2.05, 4.69) is 73.0 Å². The van der Waals surface area contributed by atoms with Crippen LogP contribution in [0.3, 0.4) is 0 Å². The van der Waals surface area contributed by atoms with Crippen LogP contribution in [0.1, 0.15) is 47.6 Å². The molecule has 4 unspecified atom stereocenters. The Balaban J connectivity index is 1.95. The van der Waals surface area contributed by atoms with Crippen molar-refractivity contribution in [2.24, 2.45) is 0 Å². The SMILES string of the molecule is C=CCC1c2ccccc2C2c3ccccc3CN1C2C. The Morgan fingerprint density at radius 2 is 1.71 bits per heavy atom. The molecule has 2 aliphatic rings. The number of nitrogens with zero attached hydrogens (tertiary/aromatic N) is 1. The molecule has 2 aromatic rings. The summed E-state index contributed by atoms with van der Waals surface area (Å²) in [7, 11) is 0. The van der Waals surface area contributed by atoms with Crippen molar-refractivity contribution in [2.75, 3.05) is 0 Å². The van der Waals surface area contributed by atoms with Crippen molar-refractivity contribution >= 4 is 0 Å². The van der Waals surface area contributed by atoms with Crippen LogP contribution in [0.5, 0.6) is 0 Å². The maximum absolute atomic E-state index is 3.98. The fraction of sp³-hybridized carbons (Fsp3) is 0.300. The monoisotopic (exact) mass is 275 g/mol. The minimum Gasteiger partial charge on any atom is -0.288 e. The Morgan fingerprint density at radius 3 is 2.48 bits per heavy atom. The van der Waals surface area contributed by atoms with Gasteiger partial charge < -0.3 is 0 Å². The second-order valence-electron chi connectivity index (χ2n) is 6.26. The van der Waals surface area contributed by atoms with E-state index >= 15 is 0 Å². The van der Waals surface area contributed by atoms with Crippen LogP contribution >= 0.6 is 0 Å². The first-order valence-electron chi connectivity index (χ1n) is 7.84. The Kier molecular flexibility index (Phi) is 2.97. The smallest absolute Gasteiger partial charge is 0.0392 e. The molecule has 0 N–H and O–H groups in total. The van der Waals surface area contributed by atoms with Gasteiger partial charge in [0.2, 0.25) is 0 Å². The van der Waals surface area contributed by atoms with Crippen LogP contribution in [0.2, 0.25) is 0 Å². The zero-order valence-corrected chi connectivity index (χ0v) is 12.5. The van der Waals surface area contributed by atoms with Gasteiger partial charge in [0, 0.05) is 24.5 Å². The molecule has 4 atom stereocenters. The van der Waals surface area contributed by atoms with E-state index in [1.54, 1.807) is 0 Å². The standard InChI is InChI=1S/C20H21N/c1-3-8-19-17-11-6-7-12-18(17)20-14(2)21(19)13-15-9-4-5-10-16(15)20/h3-7,9-12,14,19-20H,1,8,13H2,2H3. The predicted molar refractivity (Wildman–Crippen MR) is 87.3 cm³/mol. The van der Waals surface area contributed by atoms with E-state index in [1.165, 1.54) is 22.3 Å². The van der Waals surface area contributed by atoms with Crippen molar-refractivity contribution < 1.29 is 0 Å². The van der Waals surface area contributed by atoms with Crippen molar-refractivity contribution in [3.8, 4) is 0 Å². The Morgan fingerprint density at radius 1 is 1.05 bits per heavy atom. The van der Waals surface area contributed by atoms with Crippen molar-refractivity contribution in [3.63, 3.8) is 0 Å². The molecule has 0 amide bonds. The van der Waals surface area contributed by atoms with E-state index < -0.39 is 0 Å². The summed E-state index contributed by atoms with van der Waals surface area (Å²) < 4.78 is 0. The summed E-state index contributed by atoms with van der Waals surface area (Å²) in [5.74, 6) is 0.507. The first kappa shape index (κ1) is 12.8. The molecule has 0 saturated heterocycles. The maximum atomic E-state index is 3.98. The summed E-state index contributed by atoms with van der Waals surface area (Å²) in [6, 6.07) is 19.0. The number of rotatable bonds is 2. The Bertz CT molecular complexity index is 688. The molecular formula is C20H21N. The molecule has 1 heteroatoms. The highest BCUT2D eigenvalue weighted by molar-refractivity contribution is 5.48. The molecule has 106 valence electrons. The van der Waals surface area contributed by atoms with Gasteiger partial charge in [-0.2, -0.15) is 0 Å². The molecule has 2 heterocycles. The first-order valence-corrected chi connectivity index (χ1v) is 7.84. The van der Waals surface area contributed by atoms with Crippen LogP contribution in [-0.4, -0.2) is 10.9 Å². The lowest BCUT2D eigenvalue weighted by Crippen LogP contribution is -2.47. The normalized spacial score (nSPS) is 29.4. The topological polar surface area (TPSA) is 3.24 Å². The van der Waals surface area contributed by atoms with Crippen LogP contribution in [0.15, 0.2) is 61.2 Å². The molecule has 1 nitrogen and oxygen atoms in total. The lowest BCUT2D eigenvalue weighted by atomic mass is 9.72. The highest BCUT2D eigenvalue weighted by atomic mass is 15.2. The maximum Gasteiger partial charge on any atom is 0.0392 e. The lowest BCUT2D eigenvalue weighted by Gasteiger charge is -2.50. The number of benzene rings is 2. The third kappa shape index (κ3) is 1.81. The quantitative estimate of drug-likeness (QED) is 0.721. The van der Waals surface area contributed by atoms with Crippen molar-refractivity contribution in [3.05, 3.63) is 83.4 Å². The van der Waals surface area contributed by atoms with E-state index in [0.717, 1.165) is 13.0 Å². The van der Waals surface area contributed by atoms with Crippen molar-refractivity contribution in [1.29, 1.82) is 0 Å². The fourth-order valence-corrected chi connectivity index (χ4v) is 4.29. The number of fused-ring (bicyclic) bond motifs is 6. The molecule has 2 aromatic carbocycles. The molecule has 2 aliphatic heterocycles. The summed E-state index contributed by atoms with van der Waals surface area (Å²) >= 11 is 0. The molecule has 2 bridgehead atoms. The van der Waals surface area contributed by atoms with E-state index in [-0.39, 0.29) is 0 Å². The van der Waals surface area contributed by atoms with Gasteiger partial charge in [0.25, 0.3) is 0 Å². The van der Waals surface area contributed by atoms with Gasteiger partial charge in [-0.05, 0) is 35.6 Å².